The van der Waals surface area contributed by atoms with Crippen LogP contribution in [0.2, 0.25) is 0 Å². The van der Waals surface area contributed by atoms with Crippen molar-refractivity contribution in [1.29, 1.82) is 0 Å². The SMILES string of the molecule is Cc1ccc(NC(=O)Nc2cccc(C(F)(F)F)c2)cc1-c1ccc2nc(Nc3cnn(C)c3)ncc2c1. The lowest BCUT2D eigenvalue weighted by atomic mass is 9.98. The Balaban J connectivity index is 1.33. The van der Waals surface area contributed by atoms with E-state index in [0.717, 1.165) is 45.4 Å². The molecule has 0 atom stereocenters. The van der Waals surface area contributed by atoms with E-state index >= 15 is 0 Å². The molecule has 0 saturated heterocycles. The van der Waals surface area contributed by atoms with Crippen molar-refractivity contribution in [3.8, 4) is 11.1 Å². The number of nitrogens with zero attached hydrogens (tertiary/aromatic N) is 4. The molecule has 0 fully saturated rings. The van der Waals surface area contributed by atoms with Crippen LogP contribution in [-0.2, 0) is 13.2 Å². The number of alkyl halides is 3. The van der Waals surface area contributed by atoms with Gasteiger partial charge in [0.2, 0.25) is 5.95 Å². The second-order valence-electron chi connectivity index (χ2n) is 8.68. The van der Waals surface area contributed by atoms with Crippen molar-refractivity contribution in [2.75, 3.05) is 16.0 Å². The van der Waals surface area contributed by atoms with E-state index in [4.69, 9.17) is 0 Å². The van der Waals surface area contributed by atoms with Gasteiger partial charge in [-0.05, 0) is 66.1 Å². The summed E-state index contributed by atoms with van der Waals surface area (Å²) < 4.78 is 40.6. The molecule has 0 saturated carbocycles. The molecule has 0 aliphatic carbocycles. The largest absolute Gasteiger partial charge is 0.416 e. The van der Waals surface area contributed by atoms with Crippen molar-refractivity contribution >= 4 is 39.9 Å². The van der Waals surface area contributed by atoms with E-state index in [2.05, 4.69) is 31.0 Å². The average molecular weight is 518 g/mol. The molecule has 2 amide bonds. The van der Waals surface area contributed by atoms with Crippen molar-refractivity contribution in [3.63, 3.8) is 0 Å². The predicted molar refractivity (Wildman–Crippen MR) is 140 cm³/mol. The molecule has 3 aromatic carbocycles. The molecule has 8 nitrogen and oxygen atoms in total. The van der Waals surface area contributed by atoms with Crippen molar-refractivity contribution < 1.29 is 18.0 Å². The molecule has 5 rings (SSSR count). The van der Waals surface area contributed by atoms with Crippen LogP contribution in [0.1, 0.15) is 11.1 Å². The van der Waals surface area contributed by atoms with Gasteiger partial charge in [-0.3, -0.25) is 4.68 Å². The number of fused-ring (bicyclic) bond motifs is 1. The Morgan fingerprint density at radius 3 is 2.45 bits per heavy atom. The number of carbonyl (C=O) groups excluding carboxylic acids is 1. The van der Waals surface area contributed by atoms with Crippen LogP contribution in [-0.4, -0.2) is 25.8 Å². The van der Waals surface area contributed by atoms with E-state index in [1.165, 1.54) is 12.1 Å². The fraction of sp³-hybridized carbons (Fsp3) is 0.111. The van der Waals surface area contributed by atoms with Crippen molar-refractivity contribution in [1.82, 2.24) is 19.7 Å². The van der Waals surface area contributed by atoms with Crippen LogP contribution in [0.5, 0.6) is 0 Å². The number of anilines is 4. The fourth-order valence-corrected chi connectivity index (χ4v) is 3.95. The molecule has 3 N–H and O–H groups in total. The van der Waals surface area contributed by atoms with Crippen LogP contribution >= 0.6 is 0 Å². The van der Waals surface area contributed by atoms with Gasteiger partial charge in [0.05, 0.1) is 23.0 Å². The standard InChI is InChI=1S/C27H22F3N7O/c1-16-6-8-21(35-26(38)34-20-5-3-4-19(11-20)27(28,29)30)12-23(16)17-7-9-24-18(10-17)13-31-25(36-24)33-22-14-32-37(2)15-22/h3-15H,1-2H3,(H,31,33,36)(H2,34,35,38). The second-order valence-corrected chi connectivity index (χ2v) is 8.68. The minimum atomic E-state index is -4.50. The molecule has 0 spiro atoms. The molecule has 0 radical (unpaired) electrons. The molecule has 2 aromatic heterocycles. The molecule has 0 aliphatic rings. The Hall–Kier alpha value is -4.93. The summed E-state index contributed by atoms with van der Waals surface area (Å²) in [6.45, 7) is 1.95. The summed E-state index contributed by atoms with van der Waals surface area (Å²) in [4.78, 5) is 21.4. The molecule has 0 unspecified atom stereocenters. The van der Waals surface area contributed by atoms with E-state index in [1.807, 2.05) is 44.4 Å². The maximum Gasteiger partial charge on any atom is 0.416 e. The van der Waals surface area contributed by atoms with Gasteiger partial charge in [0.25, 0.3) is 0 Å². The normalized spacial score (nSPS) is 11.4. The molecule has 192 valence electrons. The van der Waals surface area contributed by atoms with Gasteiger partial charge in [-0.2, -0.15) is 18.3 Å². The number of carbonyl (C=O) groups is 1. The average Bonchev–Trinajstić information content (AvgIpc) is 3.28. The first-order valence-corrected chi connectivity index (χ1v) is 11.5. The van der Waals surface area contributed by atoms with E-state index in [-0.39, 0.29) is 5.69 Å². The summed E-state index contributed by atoms with van der Waals surface area (Å²) in [7, 11) is 1.82. The van der Waals surface area contributed by atoms with E-state index in [0.29, 0.717) is 11.6 Å². The smallest absolute Gasteiger partial charge is 0.321 e. The Morgan fingerprint density at radius 2 is 1.71 bits per heavy atom. The van der Waals surface area contributed by atoms with Crippen molar-refractivity contribution in [2.24, 2.45) is 7.05 Å². The molecular weight excluding hydrogens is 495 g/mol. The van der Waals surface area contributed by atoms with Gasteiger partial charge >= 0.3 is 12.2 Å². The number of hydrogen-bond donors (Lipinski definition) is 3. The molecule has 38 heavy (non-hydrogen) atoms. The topological polar surface area (TPSA) is 96.8 Å². The Kier molecular flexibility index (Phi) is 6.41. The van der Waals surface area contributed by atoms with Gasteiger partial charge in [0, 0.05) is 36.2 Å². The first kappa shape index (κ1) is 24.8. The summed E-state index contributed by atoms with van der Waals surface area (Å²) in [6.07, 6.45) is 0.730. The van der Waals surface area contributed by atoms with E-state index < -0.39 is 17.8 Å². The van der Waals surface area contributed by atoms with E-state index in [9.17, 15) is 18.0 Å². The molecule has 5 aromatic rings. The zero-order valence-corrected chi connectivity index (χ0v) is 20.3. The highest BCUT2D eigenvalue weighted by atomic mass is 19.4. The number of benzene rings is 3. The van der Waals surface area contributed by atoms with Gasteiger partial charge in [-0.1, -0.05) is 18.2 Å². The maximum absolute atomic E-state index is 13.0. The van der Waals surface area contributed by atoms with Crippen molar-refractivity contribution in [2.45, 2.75) is 13.1 Å². The molecule has 0 aliphatic heterocycles. The Morgan fingerprint density at radius 1 is 0.921 bits per heavy atom. The number of halogens is 3. The molecule has 0 bridgehead atoms. The molecule has 11 heteroatoms. The minimum Gasteiger partial charge on any atom is -0.321 e. The summed E-state index contributed by atoms with van der Waals surface area (Å²) in [6, 6.07) is 15.0. The lowest BCUT2D eigenvalue weighted by Gasteiger charge is -2.13. The first-order valence-electron chi connectivity index (χ1n) is 11.5. The van der Waals surface area contributed by atoms with Crippen molar-refractivity contribution in [3.05, 3.63) is 90.4 Å². The van der Waals surface area contributed by atoms with Crippen LogP contribution < -0.4 is 16.0 Å². The third kappa shape index (κ3) is 5.56. The number of nitrogens with one attached hydrogen (secondary N) is 3. The highest BCUT2D eigenvalue weighted by Crippen LogP contribution is 2.31. The summed E-state index contributed by atoms with van der Waals surface area (Å²) in [5.74, 6) is 0.451. The zero-order chi connectivity index (χ0) is 26.9. The Labute approximate surface area is 215 Å². The quantitative estimate of drug-likeness (QED) is 0.240. The third-order valence-corrected chi connectivity index (χ3v) is 5.80. The van der Waals surface area contributed by atoms with Crippen LogP contribution in [0.15, 0.2) is 79.3 Å². The van der Waals surface area contributed by atoms with Gasteiger partial charge in [0.1, 0.15) is 0 Å². The lowest BCUT2D eigenvalue weighted by Crippen LogP contribution is -2.19. The second kappa shape index (κ2) is 9.85. The molecular formula is C27H22F3N7O. The third-order valence-electron chi connectivity index (χ3n) is 5.80. The number of hydrogen-bond acceptors (Lipinski definition) is 5. The van der Waals surface area contributed by atoms with E-state index in [1.54, 1.807) is 29.2 Å². The zero-order valence-electron chi connectivity index (χ0n) is 20.3. The highest BCUT2D eigenvalue weighted by Gasteiger charge is 2.30. The fourth-order valence-electron chi connectivity index (χ4n) is 3.95. The highest BCUT2D eigenvalue weighted by molar-refractivity contribution is 6.00. The summed E-state index contributed by atoms with van der Waals surface area (Å²) >= 11 is 0. The predicted octanol–water partition coefficient (Wildman–Crippen LogP) is 6.75. The summed E-state index contributed by atoms with van der Waals surface area (Å²) in [5.41, 5.74) is 3.97. The number of urea groups is 1. The number of rotatable bonds is 5. The van der Waals surface area contributed by atoms with Crippen LogP contribution in [0, 0.1) is 6.92 Å². The Bertz CT molecular complexity index is 1650. The van der Waals surface area contributed by atoms with Gasteiger partial charge in [0.15, 0.2) is 0 Å². The monoisotopic (exact) mass is 517 g/mol. The molecule has 2 heterocycles. The van der Waals surface area contributed by atoms with Gasteiger partial charge < -0.3 is 16.0 Å². The van der Waals surface area contributed by atoms with Gasteiger partial charge in [-0.15, -0.1) is 0 Å². The maximum atomic E-state index is 13.0. The number of amides is 2. The van der Waals surface area contributed by atoms with Crippen LogP contribution in [0.4, 0.5) is 41.0 Å². The minimum absolute atomic E-state index is 0.0385. The van der Waals surface area contributed by atoms with Crippen LogP contribution in [0.25, 0.3) is 22.0 Å². The number of aryl methyl sites for hydroxylation is 2. The lowest BCUT2D eigenvalue weighted by molar-refractivity contribution is -0.137. The first-order chi connectivity index (χ1) is 18.1. The van der Waals surface area contributed by atoms with Crippen LogP contribution in [0.3, 0.4) is 0 Å². The summed E-state index contributed by atoms with van der Waals surface area (Å²) in [5, 5.41) is 13.2. The van der Waals surface area contributed by atoms with Gasteiger partial charge in [-0.25, -0.2) is 14.8 Å². The number of aromatic nitrogens is 4.